The minimum atomic E-state index is -0.951. The Kier molecular flexibility index (Phi) is 7.14. The molecule has 21 heavy (non-hydrogen) atoms. The molecule has 1 heterocycles. The zero-order chi connectivity index (χ0) is 16.0. The van der Waals surface area contributed by atoms with Gasteiger partial charge in [0.15, 0.2) is 0 Å². The first-order chi connectivity index (χ1) is 9.81. The van der Waals surface area contributed by atoms with E-state index in [0.29, 0.717) is 19.6 Å². The van der Waals surface area contributed by atoms with Crippen molar-refractivity contribution >= 4 is 22.8 Å². The second kappa shape index (κ2) is 8.36. The Morgan fingerprint density at radius 2 is 2.10 bits per heavy atom. The van der Waals surface area contributed by atoms with Crippen molar-refractivity contribution in [3.05, 3.63) is 0 Å². The number of nitrogens with one attached hydrogen (secondary N) is 1. The summed E-state index contributed by atoms with van der Waals surface area (Å²) in [6.07, 6.45) is 3.64. The SMILES string of the molecule is CC(CC(=O)O)C1CCCN(C(=O)NCC(C)S(C)=O)C1. The van der Waals surface area contributed by atoms with Gasteiger partial charge in [0.2, 0.25) is 0 Å². The van der Waals surface area contributed by atoms with E-state index in [2.05, 4.69) is 5.32 Å². The lowest BCUT2D eigenvalue weighted by atomic mass is 9.85. The third-order valence-electron chi connectivity index (χ3n) is 4.15. The van der Waals surface area contributed by atoms with E-state index >= 15 is 0 Å². The number of hydrogen-bond acceptors (Lipinski definition) is 3. The molecule has 4 atom stereocenters. The fourth-order valence-electron chi connectivity index (χ4n) is 2.56. The number of carbonyl (C=O) groups is 2. The lowest BCUT2D eigenvalue weighted by Gasteiger charge is -2.35. The van der Waals surface area contributed by atoms with E-state index in [1.807, 2.05) is 13.8 Å². The van der Waals surface area contributed by atoms with Crippen LogP contribution >= 0.6 is 0 Å². The molecule has 0 aromatic heterocycles. The maximum Gasteiger partial charge on any atom is 0.317 e. The summed E-state index contributed by atoms with van der Waals surface area (Å²) in [4.78, 5) is 24.7. The van der Waals surface area contributed by atoms with E-state index in [9.17, 15) is 13.8 Å². The molecule has 1 saturated heterocycles. The monoisotopic (exact) mass is 318 g/mol. The number of hydrogen-bond donors (Lipinski definition) is 2. The number of urea groups is 1. The fourth-order valence-corrected chi connectivity index (χ4v) is 2.88. The van der Waals surface area contributed by atoms with E-state index in [4.69, 9.17) is 5.11 Å². The second-order valence-electron chi connectivity index (χ2n) is 5.92. The number of nitrogens with zero attached hydrogens (tertiary/aromatic N) is 1. The number of piperidine rings is 1. The molecule has 122 valence electrons. The number of likely N-dealkylation sites (tertiary alicyclic amines) is 1. The van der Waals surface area contributed by atoms with Gasteiger partial charge in [0.1, 0.15) is 0 Å². The summed E-state index contributed by atoms with van der Waals surface area (Å²) in [5.41, 5.74) is 0. The zero-order valence-corrected chi connectivity index (χ0v) is 13.8. The van der Waals surface area contributed by atoms with Crippen LogP contribution < -0.4 is 5.32 Å². The van der Waals surface area contributed by atoms with Gasteiger partial charge in [0, 0.05) is 48.4 Å². The summed E-state index contributed by atoms with van der Waals surface area (Å²) >= 11 is 0. The minimum absolute atomic E-state index is 0.0690. The number of aliphatic carboxylic acids is 1. The summed E-state index contributed by atoms with van der Waals surface area (Å²) in [5, 5.41) is 11.6. The van der Waals surface area contributed by atoms with E-state index in [-0.39, 0.29) is 29.5 Å². The van der Waals surface area contributed by atoms with Crippen molar-refractivity contribution in [3.8, 4) is 0 Å². The van der Waals surface area contributed by atoms with E-state index in [0.717, 1.165) is 12.8 Å². The first-order valence-corrected chi connectivity index (χ1v) is 9.00. The first-order valence-electron chi connectivity index (χ1n) is 7.38. The smallest absolute Gasteiger partial charge is 0.317 e. The van der Waals surface area contributed by atoms with Gasteiger partial charge in [0.25, 0.3) is 0 Å². The molecule has 0 aromatic rings. The second-order valence-corrected chi connectivity index (χ2v) is 7.72. The minimum Gasteiger partial charge on any atom is -0.481 e. The molecule has 7 heteroatoms. The zero-order valence-electron chi connectivity index (χ0n) is 13.0. The standard InChI is InChI=1S/C14H26N2O4S/c1-10(7-13(17)18)12-5-4-6-16(9-12)14(19)15-8-11(2)21(3)20/h10-12H,4-9H2,1-3H3,(H,15,19)(H,17,18). The van der Waals surface area contributed by atoms with Crippen LogP contribution in [0.15, 0.2) is 0 Å². The molecule has 1 aliphatic rings. The summed E-state index contributed by atoms with van der Waals surface area (Å²) in [6.45, 7) is 5.47. The lowest BCUT2D eigenvalue weighted by molar-refractivity contribution is -0.138. The molecular weight excluding hydrogens is 292 g/mol. The molecule has 0 radical (unpaired) electrons. The van der Waals surface area contributed by atoms with Crippen LogP contribution in [0.25, 0.3) is 0 Å². The summed E-state index contributed by atoms with van der Waals surface area (Å²) in [7, 11) is -0.951. The van der Waals surface area contributed by atoms with Gasteiger partial charge < -0.3 is 15.3 Å². The Morgan fingerprint density at radius 1 is 1.43 bits per heavy atom. The quantitative estimate of drug-likeness (QED) is 0.772. The van der Waals surface area contributed by atoms with Crippen molar-refractivity contribution in [2.24, 2.45) is 11.8 Å². The highest BCUT2D eigenvalue weighted by Gasteiger charge is 2.28. The first kappa shape index (κ1) is 17.9. The molecule has 2 N–H and O–H groups in total. The predicted octanol–water partition coefficient (Wildman–Crippen LogP) is 1.29. The molecule has 0 aliphatic carbocycles. The lowest BCUT2D eigenvalue weighted by Crippen LogP contribution is -2.48. The van der Waals surface area contributed by atoms with Crippen LogP contribution in [0.3, 0.4) is 0 Å². The number of carboxylic acid groups (broad SMARTS) is 1. The number of amides is 2. The summed E-state index contributed by atoms with van der Waals surface area (Å²) in [5.74, 6) is -0.484. The molecule has 0 saturated carbocycles. The topological polar surface area (TPSA) is 86.7 Å². The predicted molar refractivity (Wildman–Crippen MR) is 82.6 cm³/mol. The molecule has 0 aromatic carbocycles. The molecule has 0 bridgehead atoms. The van der Waals surface area contributed by atoms with Gasteiger partial charge in [-0.05, 0) is 31.6 Å². The van der Waals surface area contributed by atoms with Gasteiger partial charge >= 0.3 is 12.0 Å². The Balaban J connectivity index is 2.46. The van der Waals surface area contributed by atoms with Gasteiger partial charge in [-0.1, -0.05) is 6.92 Å². The fraction of sp³-hybridized carbons (Fsp3) is 0.857. The molecule has 4 unspecified atom stereocenters. The van der Waals surface area contributed by atoms with Gasteiger partial charge in [-0.3, -0.25) is 9.00 Å². The molecule has 1 fully saturated rings. The largest absolute Gasteiger partial charge is 0.481 e. The summed E-state index contributed by atoms with van der Waals surface area (Å²) < 4.78 is 11.3. The van der Waals surface area contributed by atoms with Crippen molar-refractivity contribution in [3.63, 3.8) is 0 Å². The van der Waals surface area contributed by atoms with Crippen LogP contribution in [0.2, 0.25) is 0 Å². The van der Waals surface area contributed by atoms with Crippen molar-refractivity contribution in [1.29, 1.82) is 0 Å². The van der Waals surface area contributed by atoms with Crippen LogP contribution in [0.1, 0.15) is 33.1 Å². The summed E-state index contributed by atoms with van der Waals surface area (Å²) in [6, 6.07) is -0.139. The normalized spacial score (nSPS) is 23.2. The molecule has 1 aliphatic heterocycles. The van der Waals surface area contributed by atoms with E-state index < -0.39 is 16.8 Å². The number of carbonyl (C=O) groups excluding carboxylic acids is 1. The highest BCUT2D eigenvalue weighted by Crippen LogP contribution is 2.26. The van der Waals surface area contributed by atoms with Crippen molar-refractivity contribution in [2.75, 3.05) is 25.9 Å². The molecule has 6 nitrogen and oxygen atoms in total. The van der Waals surface area contributed by atoms with Crippen LogP contribution in [0, 0.1) is 11.8 Å². The van der Waals surface area contributed by atoms with Crippen LogP contribution in [-0.2, 0) is 15.6 Å². The Morgan fingerprint density at radius 3 is 2.67 bits per heavy atom. The van der Waals surface area contributed by atoms with Crippen LogP contribution in [-0.4, -0.2) is 57.4 Å². The van der Waals surface area contributed by atoms with Crippen LogP contribution in [0.4, 0.5) is 4.79 Å². The third kappa shape index (κ3) is 6.03. The highest BCUT2D eigenvalue weighted by atomic mass is 32.2. The van der Waals surface area contributed by atoms with E-state index in [1.165, 1.54) is 0 Å². The van der Waals surface area contributed by atoms with Gasteiger partial charge in [-0.25, -0.2) is 4.79 Å². The Bertz CT molecular complexity index is 402. The highest BCUT2D eigenvalue weighted by molar-refractivity contribution is 7.84. The molecule has 0 spiro atoms. The molecular formula is C14H26N2O4S. The van der Waals surface area contributed by atoms with E-state index in [1.54, 1.807) is 11.2 Å². The van der Waals surface area contributed by atoms with Gasteiger partial charge in [-0.2, -0.15) is 0 Å². The maximum atomic E-state index is 12.1. The average molecular weight is 318 g/mol. The molecule has 2 amide bonds. The molecule has 1 rings (SSSR count). The van der Waals surface area contributed by atoms with Crippen molar-refractivity contribution in [2.45, 2.75) is 38.4 Å². The Hall–Kier alpha value is -1.11. The third-order valence-corrected chi connectivity index (χ3v) is 5.45. The van der Waals surface area contributed by atoms with Crippen molar-refractivity contribution < 1.29 is 18.9 Å². The van der Waals surface area contributed by atoms with Gasteiger partial charge in [-0.15, -0.1) is 0 Å². The maximum absolute atomic E-state index is 12.1. The van der Waals surface area contributed by atoms with Crippen molar-refractivity contribution in [1.82, 2.24) is 10.2 Å². The average Bonchev–Trinajstić information content (AvgIpc) is 2.43. The van der Waals surface area contributed by atoms with Crippen LogP contribution in [0.5, 0.6) is 0 Å². The number of rotatable bonds is 6. The Labute approximate surface area is 128 Å². The van der Waals surface area contributed by atoms with Gasteiger partial charge in [0.05, 0.1) is 0 Å². The number of carboxylic acids is 1.